The number of hydrogen-bond acceptors (Lipinski definition) is 4. The summed E-state index contributed by atoms with van der Waals surface area (Å²) in [6.07, 6.45) is 4.25. The number of halogens is 1. The van der Waals surface area contributed by atoms with Crippen molar-refractivity contribution in [2.75, 3.05) is 0 Å². The van der Waals surface area contributed by atoms with Gasteiger partial charge >= 0.3 is 12.0 Å². The second-order valence-electron chi connectivity index (χ2n) is 7.29. The first-order valence-corrected chi connectivity index (χ1v) is 8.09. The van der Waals surface area contributed by atoms with Gasteiger partial charge in [0.2, 0.25) is 0 Å². The van der Waals surface area contributed by atoms with Crippen LogP contribution in [0.5, 0.6) is 0 Å². The van der Waals surface area contributed by atoms with Crippen molar-refractivity contribution in [2.24, 2.45) is 23.0 Å². The van der Waals surface area contributed by atoms with Crippen LogP contribution in [0.15, 0.2) is 0 Å². The Morgan fingerprint density at radius 1 is 1.23 bits per heavy atom. The fourth-order valence-corrected chi connectivity index (χ4v) is 5.64. The molecule has 0 spiro atoms. The third-order valence-electron chi connectivity index (χ3n) is 5.32. The second kappa shape index (κ2) is 5.11. The van der Waals surface area contributed by atoms with E-state index in [2.05, 4.69) is 0 Å². The number of alkyl halides is 1. The van der Waals surface area contributed by atoms with Gasteiger partial charge in [-0.2, -0.15) is 0 Å². The van der Waals surface area contributed by atoms with E-state index in [9.17, 15) is 14.4 Å². The number of esters is 1. The molecule has 4 fully saturated rings. The third kappa shape index (κ3) is 2.69. The Hall–Kier alpha value is -1.30. The van der Waals surface area contributed by atoms with Crippen molar-refractivity contribution in [1.82, 2.24) is 5.32 Å². The van der Waals surface area contributed by atoms with Crippen LogP contribution >= 0.6 is 11.6 Å². The molecule has 0 aliphatic heterocycles. The van der Waals surface area contributed by atoms with E-state index in [4.69, 9.17) is 22.1 Å². The molecule has 3 N–H and O–H groups in total. The van der Waals surface area contributed by atoms with Gasteiger partial charge in [-0.1, -0.05) is 0 Å². The first kappa shape index (κ1) is 15.6. The van der Waals surface area contributed by atoms with E-state index >= 15 is 0 Å². The van der Waals surface area contributed by atoms with Gasteiger partial charge in [-0.15, -0.1) is 11.6 Å². The second-order valence-corrected chi connectivity index (χ2v) is 8.10. The number of ether oxygens (including phenoxy) is 1. The lowest BCUT2D eigenvalue weighted by molar-refractivity contribution is -0.177. The van der Waals surface area contributed by atoms with Crippen LogP contribution in [0.2, 0.25) is 0 Å². The van der Waals surface area contributed by atoms with E-state index in [0.29, 0.717) is 18.3 Å². The Kier molecular flexibility index (Phi) is 3.62. The van der Waals surface area contributed by atoms with Gasteiger partial charge in [-0.25, -0.2) is 4.79 Å². The number of amides is 3. The number of primary amides is 1. The first-order valence-electron chi connectivity index (χ1n) is 7.72. The number of nitrogens with two attached hydrogens (primary N) is 1. The molecule has 0 aromatic heterocycles. The zero-order valence-corrected chi connectivity index (χ0v) is 13.3. The number of urea groups is 1. The largest absolute Gasteiger partial charge is 0.452 e. The van der Waals surface area contributed by atoms with E-state index in [-0.39, 0.29) is 10.8 Å². The van der Waals surface area contributed by atoms with E-state index in [1.807, 2.05) is 5.32 Å². The minimum Gasteiger partial charge on any atom is -0.452 e. The van der Waals surface area contributed by atoms with Crippen LogP contribution in [0, 0.1) is 17.3 Å². The average molecular weight is 329 g/mol. The maximum atomic E-state index is 12.7. The molecule has 122 valence electrons. The fourth-order valence-electron chi connectivity index (χ4n) is 4.95. The van der Waals surface area contributed by atoms with Crippen LogP contribution in [0.1, 0.15) is 45.4 Å². The van der Waals surface area contributed by atoms with Crippen LogP contribution in [-0.2, 0) is 14.3 Å². The molecule has 0 heterocycles. The zero-order chi connectivity index (χ0) is 16.1. The fraction of sp³-hybridized carbons (Fsp3) is 0.800. The quantitative estimate of drug-likeness (QED) is 0.608. The van der Waals surface area contributed by atoms with Gasteiger partial charge in [0.25, 0.3) is 5.91 Å². The smallest absolute Gasteiger partial charge is 0.318 e. The van der Waals surface area contributed by atoms with Crippen LogP contribution in [0.4, 0.5) is 4.79 Å². The van der Waals surface area contributed by atoms with Gasteiger partial charge in [-0.05, 0) is 57.3 Å². The van der Waals surface area contributed by atoms with Crippen molar-refractivity contribution in [3.63, 3.8) is 0 Å². The third-order valence-corrected chi connectivity index (χ3v) is 5.76. The topological polar surface area (TPSA) is 98.5 Å². The maximum Gasteiger partial charge on any atom is 0.318 e. The number of nitrogens with one attached hydrogen (secondary N) is 1. The van der Waals surface area contributed by atoms with Crippen molar-refractivity contribution in [1.29, 1.82) is 0 Å². The Balaban J connectivity index is 1.70. The molecule has 4 rings (SSSR count). The van der Waals surface area contributed by atoms with E-state index in [1.54, 1.807) is 0 Å². The molecule has 7 heteroatoms. The highest BCUT2D eigenvalue weighted by atomic mass is 35.5. The summed E-state index contributed by atoms with van der Waals surface area (Å²) in [4.78, 5) is 34.7. The molecule has 4 aliphatic rings. The van der Waals surface area contributed by atoms with Gasteiger partial charge in [0.1, 0.15) is 0 Å². The lowest BCUT2D eigenvalue weighted by atomic mass is 9.49. The molecule has 0 saturated heterocycles. The summed E-state index contributed by atoms with van der Waals surface area (Å²) in [5, 5.41) is 1.93. The summed E-state index contributed by atoms with van der Waals surface area (Å²) in [6, 6.07) is -0.956. The Bertz CT molecular complexity index is 522. The van der Waals surface area contributed by atoms with Crippen molar-refractivity contribution < 1.29 is 19.1 Å². The number of rotatable bonds is 3. The minimum atomic E-state index is -1.04. The van der Waals surface area contributed by atoms with Crippen molar-refractivity contribution in [3.8, 4) is 0 Å². The molecule has 4 bridgehead atoms. The molecule has 0 radical (unpaired) electrons. The van der Waals surface area contributed by atoms with E-state index < -0.39 is 23.5 Å². The molecular formula is C15H21ClN2O4. The highest BCUT2D eigenvalue weighted by molar-refractivity contribution is 6.24. The van der Waals surface area contributed by atoms with Crippen molar-refractivity contribution in [3.05, 3.63) is 0 Å². The highest BCUT2D eigenvalue weighted by Gasteiger charge is 2.61. The van der Waals surface area contributed by atoms with Crippen molar-refractivity contribution in [2.45, 2.75) is 56.4 Å². The standard InChI is InChI=1S/C15H21ClN2O4/c1-8(11(19)18-13(17)21)22-12(20)14-3-9-2-10(4-14)6-15(16,5-9)7-14/h8-10H,2-7H2,1H3,(H3,17,18,19,21)/t8-,9-,10-,14?,15?/m0/s1. The van der Waals surface area contributed by atoms with Crippen molar-refractivity contribution >= 4 is 29.5 Å². The summed E-state index contributed by atoms with van der Waals surface area (Å²) < 4.78 is 5.33. The molecule has 22 heavy (non-hydrogen) atoms. The summed E-state index contributed by atoms with van der Waals surface area (Å²) in [5.74, 6) is -0.119. The maximum absolute atomic E-state index is 12.7. The predicted molar refractivity (Wildman–Crippen MR) is 79.0 cm³/mol. The summed E-state index contributed by atoms with van der Waals surface area (Å²) in [6.45, 7) is 1.44. The SMILES string of the molecule is C[C@H](OC(=O)C12C[C@@H]3C[C@H](CC(Cl)(C3)C1)C2)C(=O)NC(N)=O. The monoisotopic (exact) mass is 328 g/mol. The Morgan fingerprint density at radius 3 is 2.32 bits per heavy atom. The van der Waals surface area contributed by atoms with E-state index in [1.165, 1.54) is 6.92 Å². The number of imide groups is 1. The zero-order valence-electron chi connectivity index (χ0n) is 12.6. The van der Waals surface area contributed by atoms with Gasteiger partial charge < -0.3 is 10.5 Å². The lowest BCUT2D eigenvalue weighted by Crippen LogP contribution is -2.57. The molecule has 4 saturated carbocycles. The minimum absolute atomic E-state index is 0.290. The van der Waals surface area contributed by atoms with Crippen LogP contribution in [0.25, 0.3) is 0 Å². The molecule has 3 atom stereocenters. The van der Waals surface area contributed by atoms with Crippen LogP contribution < -0.4 is 11.1 Å². The lowest BCUT2D eigenvalue weighted by Gasteiger charge is -2.58. The summed E-state index contributed by atoms with van der Waals surface area (Å²) in [5.41, 5.74) is 4.33. The molecular weight excluding hydrogens is 308 g/mol. The highest BCUT2D eigenvalue weighted by Crippen LogP contribution is 2.64. The average Bonchev–Trinajstić information content (AvgIpc) is 2.34. The molecule has 0 aromatic rings. The van der Waals surface area contributed by atoms with E-state index in [0.717, 1.165) is 32.1 Å². The predicted octanol–water partition coefficient (Wildman–Crippen LogP) is 1.69. The Labute approximate surface area is 134 Å². The number of hydrogen-bond donors (Lipinski definition) is 2. The van der Waals surface area contributed by atoms with Gasteiger partial charge in [0.15, 0.2) is 6.10 Å². The summed E-state index contributed by atoms with van der Waals surface area (Å²) >= 11 is 6.68. The van der Waals surface area contributed by atoms with Crippen LogP contribution in [0.3, 0.4) is 0 Å². The molecule has 4 aliphatic carbocycles. The molecule has 0 unspecified atom stereocenters. The van der Waals surface area contributed by atoms with Gasteiger partial charge in [-0.3, -0.25) is 14.9 Å². The summed E-state index contributed by atoms with van der Waals surface area (Å²) in [7, 11) is 0. The van der Waals surface area contributed by atoms with Gasteiger partial charge in [0.05, 0.1) is 5.41 Å². The number of carbonyl (C=O) groups is 3. The number of carbonyl (C=O) groups excluding carboxylic acids is 3. The Morgan fingerprint density at radius 2 is 1.82 bits per heavy atom. The molecule has 6 nitrogen and oxygen atoms in total. The first-order chi connectivity index (χ1) is 10.2. The van der Waals surface area contributed by atoms with Gasteiger partial charge in [0, 0.05) is 4.87 Å². The molecule has 3 amide bonds. The normalized spacial score (nSPS) is 40.1. The van der Waals surface area contributed by atoms with Crippen LogP contribution in [-0.4, -0.2) is 28.9 Å². The molecule has 0 aromatic carbocycles.